The zero-order valence-electron chi connectivity index (χ0n) is 69.1. The summed E-state index contributed by atoms with van der Waals surface area (Å²) in [5.41, 5.74) is 18.0. The second-order valence-corrected chi connectivity index (χ2v) is 34.1. The van der Waals surface area contributed by atoms with Crippen LogP contribution in [0.1, 0.15) is 175 Å². The van der Waals surface area contributed by atoms with E-state index in [1.807, 2.05) is 53.7 Å². The van der Waals surface area contributed by atoms with Crippen LogP contribution in [-0.4, -0.2) is 111 Å². The van der Waals surface area contributed by atoms with Gasteiger partial charge < -0.3 is 44.3 Å². The van der Waals surface area contributed by atoms with Crippen molar-refractivity contribution < 1.29 is 91.0 Å². The molecule has 14 rings (SSSR count). The average Bonchev–Trinajstić information content (AvgIpc) is 1.59. The fraction of sp³-hybridized carbons (Fsp3) is 0.368. The van der Waals surface area contributed by atoms with E-state index in [1.54, 1.807) is 46.7 Å². The molecule has 15 nitrogen and oxygen atoms in total. The van der Waals surface area contributed by atoms with Crippen molar-refractivity contribution in [3.63, 3.8) is 0 Å². The summed E-state index contributed by atoms with van der Waals surface area (Å²) in [6.07, 6.45) is 3.97. The second-order valence-electron chi connectivity index (χ2n) is 34.1. The van der Waals surface area contributed by atoms with Crippen molar-refractivity contribution in [2.45, 2.75) is 217 Å². The largest absolute Gasteiger partial charge is 0.393 e. The van der Waals surface area contributed by atoms with E-state index in [-0.39, 0.29) is 112 Å². The predicted molar refractivity (Wildman–Crippen MR) is 454 cm³/mol. The van der Waals surface area contributed by atoms with Crippen LogP contribution in [0.25, 0.3) is 111 Å². The van der Waals surface area contributed by atoms with E-state index in [4.69, 9.17) is 20.4 Å². The molecule has 0 amide bonds. The summed E-state index contributed by atoms with van der Waals surface area (Å²) in [6.45, 7) is 41.1. The van der Waals surface area contributed by atoms with Crippen LogP contribution in [0.5, 0.6) is 0 Å². The number of hydrogen-bond donors (Lipinski definition) is 6. The summed E-state index contributed by atoms with van der Waals surface area (Å²) < 4.78 is 6.93. The van der Waals surface area contributed by atoms with Crippen LogP contribution in [0.15, 0.2) is 207 Å². The van der Waals surface area contributed by atoms with Crippen LogP contribution in [-0.2, 0) is 83.1 Å². The maximum atomic E-state index is 9.76. The fourth-order valence-electron chi connectivity index (χ4n) is 13.0. The molecule has 0 saturated heterocycles. The minimum Gasteiger partial charge on any atom is -0.393 e. The Kier molecular flexibility index (Phi) is 33.8. The van der Waals surface area contributed by atoms with E-state index in [0.29, 0.717) is 19.3 Å². The summed E-state index contributed by atoms with van der Waals surface area (Å²) in [7, 11) is 0. The van der Waals surface area contributed by atoms with Crippen molar-refractivity contribution in [2.24, 2.45) is 10.8 Å². The number of aliphatic hydroxyl groups is 6. The molecule has 0 bridgehead atoms. The Morgan fingerprint density at radius 2 is 0.593 bits per heavy atom. The predicted octanol–water partition coefficient (Wildman–Crippen LogP) is 20.5. The van der Waals surface area contributed by atoms with Crippen LogP contribution in [0, 0.1) is 29.0 Å². The Hall–Kier alpha value is -7.89. The molecule has 0 aliphatic rings. The molecule has 3 radical (unpaired) electrons. The number of rotatable bonds is 12. The molecule has 113 heavy (non-hydrogen) atoms. The first-order chi connectivity index (χ1) is 51.8. The van der Waals surface area contributed by atoms with Crippen LogP contribution < -0.4 is 0 Å². The molecule has 0 saturated carbocycles. The van der Waals surface area contributed by atoms with Crippen molar-refractivity contribution >= 4 is 65.4 Å². The molecule has 0 aliphatic heterocycles. The van der Waals surface area contributed by atoms with Gasteiger partial charge in [-0.15, -0.1) is 71.3 Å². The van der Waals surface area contributed by atoms with Crippen molar-refractivity contribution in [3.05, 3.63) is 242 Å². The van der Waals surface area contributed by atoms with Gasteiger partial charge in [0.05, 0.1) is 36.6 Å². The molecule has 14 aromatic rings. The number of para-hydroxylation sites is 5. The van der Waals surface area contributed by atoms with Crippen molar-refractivity contribution in [3.8, 4) is 45.1 Å². The van der Waals surface area contributed by atoms with E-state index < -0.39 is 12.2 Å². The number of aliphatic hydroxyl groups excluding tert-OH is 6. The van der Waals surface area contributed by atoms with E-state index in [0.717, 1.165) is 79.8 Å². The SMILES string of the molecule is CC(C)(C)C(O)CC(O)C(C)(C)C.CC(C)(C)c1cc(-c2[c-]cc3c(c2)c2ccccc2n3-c2ccccc2)ncn1.CC(C)(C)c1cc(-c2[c-]cc3c(c2)c2ccccc2n3-c2ccccc2)ncn1.CC(O)CC(C)O.CC(O)CC(C)O.CCn1c2c[c-]c(-c3cc(C(C)(C)C)ncn3)cc2c2ccccc21.[Ir].[Ir].[Ir]. The van der Waals surface area contributed by atoms with Gasteiger partial charge >= 0.3 is 0 Å². The molecule has 6 heterocycles. The molecule has 605 valence electrons. The van der Waals surface area contributed by atoms with Gasteiger partial charge in [-0.2, -0.15) is 0 Å². The molecule has 8 aromatic carbocycles. The Labute approximate surface area is 709 Å². The molecule has 0 fully saturated rings. The maximum absolute atomic E-state index is 9.76. The smallest absolute Gasteiger partial charge is 0.105 e. The van der Waals surface area contributed by atoms with E-state index >= 15 is 0 Å². The number of fused-ring (bicyclic) bond motifs is 9. The summed E-state index contributed by atoms with van der Waals surface area (Å²) in [5.74, 6) is 0. The Morgan fingerprint density at radius 1 is 0.319 bits per heavy atom. The van der Waals surface area contributed by atoms with E-state index in [1.165, 1.54) is 54.4 Å². The molecule has 18 heteroatoms. The third-order valence-corrected chi connectivity index (χ3v) is 19.2. The minimum atomic E-state index is -0.443. The van der Waals surface area contributed by atoms with Crippen LogP contribution in [0.2, 0.25) is 0 Å². The number of aryl methyl sites for hydroxylation is 1. The van der Waals surface area contributed by atoms with Gasteiger partial charge in [0.15, 0.2) is 0 Å². The molecule has 6 unspecified atom stereocenters. The third kappa shape index (κ3) is 24.6. The van der Waals surface area contributed by atoms with Gasteiger partial charge in [0.25, 0.3) is 0 Å². The first kappa shape index (κ1) is 94.0. The normalized spacial score (nSPS) is 13.3. The van der Waals surface area contributed by atoms with Gasteiger partial charge in [-0.3, -0.25) is 15.0 Å². The molecule has 0 spiro atoms. The van der Waals surface area contributed by atoms with E-state index in [9.17, 15) is 10.2 Å². The monoisotopic (exact) mass is 2060 g/mol. The Balaban J connectivity index is 0.000000225. The van der Waals surface area contributed by atoms with Crippen molar-refractivity contribution in [1.82, 2.24) is 43.6 Å². The first-order valence-electron chi connectivity index (χ1n) is 38.3. The van der Waals surface area contributed by atoms with Crippen molar-refractivity contribution in [2.75, 3.05) is 0 Å². The standard InChI is InChI=1S/2C26H22N3.C22H22N3.C11H24O2.2C5H12O2.3Ir/c2*1-26(2,3)25-16-22(27-17-28-25)18-13-14-24-21(15-18)20-11-7-8-12-23(20)29(24)19-9-5-4-6-10-19;1-5-25-19-9-7-6-8-16(19)17-12-15(10-11-20(17)25)18-13-21(22(2,3)4)24-14-23-18;1-10(2,3)8(12)7-9(13)11(4,5)6;2*1-4(6)3-5(2)7;;;/h2*4-12,14-17H,1-3H3;6-9,11-14H,5H2,1-4H3;8-9,12-13H,7H2,1-6H3;2*4-7H,3H2,1-2H3;;;/q3*-1;;;;;;. The molecule has 6 aromatic heterocycles. The van der Waals surface area contributed by atoms with Gasteiger partial charge in [-0.05, 0) is 151 Å². The van der Waals surface area contributed by atoms with Crippen molar-refractivity contribution in [1.29, 1.82) is 0 Å². The number of hydrogen-bond acceptors (Lipinski definition) is 12. The quantitative estimate of drug-likeness (QED) is 0.0631. The first-order valence-corrected chi connectivity index (χ1v) is 38.3. The van der Waals surface area contributed by atoms with Gasteiger partial charge in [-0.25, -0.2) is 15.0 Å². The number of benzene rings is 8. The van der Waals surface area contributed by atoms with Gasteiger partial charge in [0.2, 0.25) is 0 Å². The minimum absolute atomic E-state index is 0. The molecule has 0 aliphatic carbocycles. The average molecular weight is 2050 g/mol. The Morgan fingerprint density at radius 3 is 0.876 bits per heavy atom. The summed E-state index contributed by atoms with van der Waals surface area (Å²) in [4.78, 5) is 26.9. The fourth-order valence-corrected chi connectivity index (χ4v) is 13.0. The molecule has 6 N–H and O–H groups in total. The van der Waals surface area contributed by atoms with Gasteiger partial charge in [0, 0.05) is 135 Å². The number of aromatic nitrogens is 9. The van der Waals surface area contributed by atoms with Crippen LogP contribution in [0.4, 0.5) is 0 Å². The van der Waals surface area contributed by atoms with Gasteiger partial charge in [-0.1, -0.05) is 229 Å². The molecule has 6 atom stereocenters. The zero-order chi connectivity index (χ0) is 80.2. The summed E-state index contributed by atoms with van der Waals surface area (Å²) in [6, 6.07) is 76.0. The topological polar surface area (TPSA) is 214 Å². The summed E-state index contributed by atoms with van der Waals surface area (Å²) in [5, 5.41) is 61.2. The second kappa shape index (κ2) is 40.6. The molecular weight excluding hydrogens is 1940 g/mol. The summed E-state index contributed by atoms with van der Waals surface area (Å²) >= 11 is 0. The zero-order valence-corrected chi connectivity index (χ0v) is 76.3. The van der Waals surface area contributed by atoms with Crippen LogP contribution in [0.3, 0.4) is 0 Å². The van der Waals surface area contributed by atoms with Crippen LogP contribution >= 0.6 is 0 Å². The maximum Gasteiger partial charge on any atom is 0.105 e. The van der Waals surface area contributed by atoms with Gasteiger partial charge in [0.1, 0.15) is 19.0 Å². The third-order valence-electron chi connectivity index (χ3n) is 19.2. The number of nitrogens with zero attached hydrogens (tertiary/aromatic N) is 9. The van der Waals surface area contributed by atoms with E-state index in [2.05, 4.69) is 307 Å². The Bertz CT molecular complexity index is 5080. The molecular formula is C95H114Ir3N9O6-3.